The molecule has 0 N–H and O–H groups in total. The van der Waals surface area contributed by atoms with E-state index in [1.807, 2.05) is 6.92 Å². The molecular weight excluding hydrogens is 84.1 g/mol. The molecule has 0 atom stereocenters. The highest BCUT2D eigenvalue weighted by Crippen LogP contribution is 1.70. The first-order valence-corrected chi connectivity index (χ1v) is 2.27. The second-order valence-corrected chi connectivity index (χ2v) is 1.06. The summed E-state index contributed by atoms with van der Waals surface area (Å²) >= 11 is 0. The van der Waals surface area contributed by atoms with Crippen LogP contribution in [0.5, 0.6) is 0 Å². The highest BCUT2D eigenvalue weighted by atomic mass is 13.6. The molecule has 35 valence electrons. The molecule has 7 heavy (non-hydrogen) atoms. The first kappa shape index (κ1) is 6.12. The zero-order chi connectivity index (χ0) is 5.54. The molecule has 0 fully saturated rings. The highest BCUT2D eigenvalue weighted by Gasteiger charge is 1.60. The van der Waals surface area contributed by atoms with Crippen molar-refractivity contribution in [3.8, 4) is 17.8 Å². The third kappa shape index (κ3) is 5.12. The van der Waals surface area contributed by atoms with Crippen LogP contribution in [0.4, 0.5) is 0 Å². The second kappa shape index (κ2) is 5.12. The number of hydrogen-bond acceptors (Lipinski definition) is 0. The van der Waals surface area contributed by atoms with Gasteiger partial charge >= 0.3 is 0 Å². The summed E-state index contributed by atoms with van der Waals surface area (Å²) in [5, 5.41) is 0. The van der Waals surface area contributed by atoms with Crippen molar-refractivity contribution in [3.63, 3.8) is 0 Å². The first-order chi connectivity index (χ1) is 3.41. The Hall–Kier alpha value is -0.880. The van der Waals surface area contributed by atoms with E-state index in [0.29, 0.717) is 6.42 Å². The summed E-state index contributed by atoms with van der Waals surface area (Å²) < 4.78 is 0. The van der Waals surface area contributed by atoms with Gasteiger partial charge in [0.1, 0.15) is 0 Å². The lowest BCUT2D eigenvalue weighted by molar-refractivity contribution is 1.27. The lowest BCUT2D eigenvalue weighted by Gasteiger charge is -1.65. The fourth-order valence-electron chi connectivity index (χ4n) is 0.232. The quantitative estimate of drug-likeness (QED) is 0.395. The van der Waals surface area contributed by atoms with E-state index in [9.17, 15) is 0 Å². The Bertz CT molecular complexity index is 115. The Balaban J connectivity index is 3.12. The van der Waals surface area contributed by atoms with E-state index >= 15 is 0 Å². The van der Waals surface area contributed by atoms with Gasteiger partial charge in [0.05, 0.1) is 6.42 Å². The maximum atomic E-state index is 6.43. The standard InChI is InChI=1S/C7H7/c1-3-5-7-6-4-2/h3,6H2,1H3. The Morgan fingerprint density at radius 2 is 2.14 bits per heavy atom. The molecule has 0 saturated heterocycles. The van der Waals surface area contributed by atoms with Crippen LogP contribution in [-0.2, 0) is 0 Å². The summed E-state index contributed by atoms with van der Waals surface area (Å²) in [4.78, 5) is 0. The van der Waals surface area contributed by atoms with E-state index in [4.69, 9.17) is 6.42 Å². The van der Waals surface area contributed by atoms with Crippen molar-refractivity contribution in [1.82, 2.24) is 0 Å². The maximum Gasteiger partial charge on any atom is 0.0712 e. The topological polar surface area (TPSA) is 0 Å². The molecule has 0 aromatic carbocycles. The van der Waals surface area contributed by atoms with Crippen LogP contribution in [-0.4, -0.2) is 0 Å². The minimum Gasteiger partial charge on any atom is -0.103 e. The van der Waals surface area contributed by atoms with Gasteiger partial charge in [-0.1, -0.05) is 18.8 Å². The van der Waals surface area contributed by atoms with Gasteiger partial charge in [-0.05, 0) is 6.42 Å². The van der Waals surface area contributed by atoms with Crippen molar-refractivity contribution in [1.29, 1.82) is 0 Å². The Kier molecular flexibility index (Phi) is 4.48. The Morgan fingerprint density at radius 1 is 1.43 bits per heavy atom. The van der Waals surface area contributed by atoms with E-state index in [2.05, 4.69) is 17.8 Å². The third-order valence-electron chi connectivity index (χ3n) is 0.479. The van der Waals surface area contributed by atoms with Crippen LogP contribution in [0.1, 0.15) is 19.8 Å². The molecule has 0 aromatic rings. The zero-order valence-corrected chi connectivity index (χ0v) is 4.41. The zero-order valence-electron chi connectivity index (χ0n) is 4.41. The van der Waals surface area contributed by atoms with Crippen molar-refractivity contribution in [2.45, 2.75) is 19.8 Å². The minimum atomic E-state index is 0.480. The number of hydrogen-bond donors (Lipinski definition) is 0. The summed E-state index contributed by atoms with van der Waals surface area (Å²) in [6, 6.07) is 0. The predicted octanol–water partition coefficient (Wildman–Crippen LogP) is 1.38. The molecule has 0 rings (SSSR count). The maximum absolute atomic E-state index is 6.43. The normalized spacial score (nSPS) is 5.71. The minimum absolute atomic E-state index is 0.480. The molecule has 0 aliphatic rings. The fraction of sp³-hybridized carbons (Fsp3) is 0.429. The molecule has 0 saturated carbocycles. The van der Waals surface area contributed by atoms with Crippen molar-refractivity contribution < 1.29 is 0 Å². The summed E-state index contributed by atoms with van der Waals surface area (Å²) in [5.74, 6) is 7.73. The van der Waals surface area contributed by atoms with E-state index in [-0.39, 0.29) is 0 Å². The highest BCUT2D eigenvalue weighted by molar-refractivity contribution is 5.04. The molecule has 0 aliphatic heterocycles. The van der Waals surface area contributed by atoms with Gasteiger partial charge in [-0.25, -0.2) is 0 Å². The second-order valence-electron chi connectivity index (χ2n) is 1.06. The molecule has 0 aromatic heterocycles. The van der Waals surface area contributed by atoms with Gasteiger partial charge in [-0.3, -0.25) is 0 Å². The molecule has 0 amide bonds. The molecule has 0 heterocycles. The summed E-state index contributed by atoms with van der Waals surface area (Å²) in [6.45, 7) is 1.98. The van der Waals surface area contributed by atoms with Crippen molar-refractivity contribution in [3.05, 3.63) is 6.42 Å². The average molecular weight is 91.1 g/mol. The molecule has 0 unspecified atom stereocenters. The summed E-state index contributed by atoms with van der Waals surface area (Å²) in [6.07, 6.45) is 7.79. The molecular formula is C7H7. The summed E-state index contributed by atoms with van der Waals surface area (Å²) in [5.41, 5.74) is 0. The molecule has 0 aliphatic carbocycles. The largest absolute Gasteiger partial charge is 0.103 e. The van der Waals surface area contributed by atoms with E-state index < -0.39 is 0 Å². The lowest BCUT2D eigenvalue weighted by Crippen LogP contribution is -1.55. The fourth-order valence-corrected chi connectivity index (χ4v) is 0.232. The Labute approximate surface area is 44.9 Å². The van der Waals surface area contributed by atoms with Gasteiger partial charge < -0.3 is 0 Å². The molecule has 0 bridgehead atoms. The lowest BCUT2D eigenvalue weighted by atomic mass is 10.4. The van der Waals surface area contributed by atoms with Gasteiger partial charge in [-0.2, -0.15) is 0 Å². The molecule has 0 heteroatoms. The van der Waals surface area contributed by atoms with Crippen LogP contribution >= 0.6 is 0 Å². The van der Waals surface area contributed by atoms with Crippen LogP contribution < -0.4 is 0 Å². The monoisotopic (exact) mass is 91.1 g/mol. The SMILES string of the molecule is [C]#CCC#CCC. The van der Waals surface area contributed by atoms with Gasteiger partial charge in [0, 0.05) is 6.42 Å². The van der Waals surface area contributed by atoms with Gasteiger partial charge in [0.25, 0.3) is 0 Å². The summed E-state index contributed by atoms with van der Waals surface area (Å²) in [7, 11) is 0. The number of rotatable bonds is 0. The molecule has 1 radical (unpaired) electrons. The van der Waals surface area contributed by atoms with Gasteiger partial charge in [0.15, 0.2) is 0 Å². The Morgan fingerprint density at radius 3 is 2.57 bits per heavy atom. The average Bonchev–Trinajstić information content (AvgIpc) is 1.69. The van der Waals surface area contributed by atoms with Gasteiger partial charge in [-0.15, -0.1) is 5.92 Å². The van der Waals surface area contributed by atoms with Crippen LogP contribution in [0, 0.1) is 24.2 Å². The predicted molar refractivity (Wildman–Crippen MR) is 29.8 cm³/mol. The van der Waals surface area contributed by atoms with Crippen LogP contribution in [0.15, 0.2) is 0 Å². The molecule has 0 spiro atoms. The van der Waals surface area contributed by atoms with Gasteiger partial charge in [0.2, 0.25) is 0 Å². The smallest absolute Gasteiger partial charge is 0.0712 e. The van der Waals surface area contributed by atoms with Crippen molar-refractivity contribution >= 4 is 0 Å². The van der Waals surface area contributed by atoms with E-state index in [1.54, 1.807) is 0 Å². The van der Waals surface area contributed by atoms with E-state index in [0.717, 1.165) is 6.42 Å². The van der Waals surface area contributed by atoms with Crippen LogP contribution in [0.3, 0.4) is 0 Å². The van der Waals surface area contributed by atoms with Crippen LogP contribution in [0.2, 0.25) is 0 Å². The van der Waals surface area contributed by atoms with E-state index in [1.165, 1.54) is 0 Å². The molecule has 0 nitrogen and oxygen atoms in total. The van der Waals surface area contributed by atoms with Crippen LogP contribution in [0.25, 0.3) is 0 Å². The van der Waals surface area contributed by atoms with Crippen molar-refractivity contribution in [2.24, 2.45) is 0 Å². The third-order valence-corrected chi connectivity index (χ3v) is 0.479. The first-order valence-electron chi connectivity index (χ1n) is 2.27. The van der Waals surface area contributed by atoms with Crippen molar-refractivity contribution in [2.75, 3.05) is 0 Å².